The van der Waals surface area contributed by atoms with E-state index in [0.29, 0.717) is 23.9 Å². The minimum atomic E-state index is -0.491. The van der Waals surface area contributed by atoms with Gasteiger partial charge in [-0.3, -0.25) is 4.79 Å². The van der Waals surface area contributed by atoms with Gasteiger partial charge in [0.2, 0.25) is 0 Å². The molecule has 6 heteroatoms. The van der Waals surface area contributed by atoms with Gasteiger partial charge in [0.05, 0.1) is 23.8 Å². The van der Waals surface area contributed by atoms with Crippen molar-refractivity contribution in [2.45, 2.75) is 6.92 Å². The highest BCUT2D eigenvalue weighted by atomic mass is 35.5. The van der Waals surface area contributed by atoms with Gasteiger partial charge in [0, 0.05) is 12.2 Å². The Kier molecular flexibility index (Phi) is 4.39. The summed E-state index contributed by atoms with van der Waals surface area (Å²) in [5, 5.41) is 0.308. The zero-order chi connectivity index (χ0) is 13.8. The van der Waals surface area contributed by atoms with Gasteiger partial charge >= 0.3 is 5.97 Å². The van der Waals surface area contributed by atoms with Crippen molar-refractivity contribution in [3.63, 3.8) is 0 Å². The van der Waals surface area contributed by atoms with Crippen molar-refractivity contribution in [3.8, 4) is 0 Å². The summed E-state index contributed by atoms with van der Waals surface area (Å²) in [7, 11) is 0. The predicted octanol–water partition coefficient (Wildman–Crippen LogP) is 1.88. The third-order valence-electron chi connectivity index (χ3n) is 2.74. The average molecular weight is 284 g/mol. The number of esters is 1. The Balaban J connectivity index is 2.29. The summed E-state index contributed by atoms with van der Waals surface area (Å²) < 4.78 is 9.99. The van der Waals surface area contributed by atoms with Crippen LogP contribution in [0.1, 0.15) is 17.3 Å². The first-order valence-electron chi connectivity index (χ1n) is 5.98. The van der Waals surface area contributed by atoms with Crippen molar-refractivity contribution in [1.82, 2.24) is 0 Å². The van der Waals surface area contributed by atoms with Crippen LogP contribution in [0.2, 0.25) is 5.02 Å². The van der Waals surface area contributed by atoms with Gasteiger partial charge in [-0.1, -0.05) is 11.6 Å². The molecule has 0 aromatic heterocycles. The number of halogens is 1. The number of hydrogen-bond acceptors (Lipinski definition) is 4. The van der Waals surface area contributed by atoms with E-state index in [4.69, 9.17) is 21.1 Å². The Morgan fingerprint density at radius 3 is 3.00 bits per heavy atom. The minimum absolute atomic E-state index is 0.0529. The molecule has 102 valence electrons. The molecule has 0 saturated carbocycles. The molecular weight excluding hydrogens is 270 g/mol. The molecule has 1 aromatic rings. The van der Waals surface area contributed by atoms with Crippen LogP contribution < -0.4 is 4.90 Å². The monoisotopic (exact) mass is 283 g/mol. The number of benzene rings is 1. The first kappa shape index (κ1) is 13.8. The molecule has 1 fully saturated rings. The fourth-order valence-electron chi connectivity index (χ4n) is 1.84. The van der Waals surface area contributed by atoms with E-state index in [1.807, 2.05) is 0 Å². The van der Waals surface area contributed by atoms with Crippen molar-refractivity contribution in [1.29, 1.82) is 0 Å². The van der Waals surface area contributed by atoms with Gasteiger partial charge in [0.15, 0.2) is 0 Å². The van der Waals surface area contributed by atoms with Crippen molar-refractivity contribution in [2.75, 3.05) is 31.3 Å². The Morgan fingerprint density at radius 1 is 1.53 bits per heavy atom. The lowest BCUT2D eigenvalue weighted by molar-refractivity contribution is -0.125. The van der Waals surface area contributed by atoms with Crippen LogP contribution in [-0.4, -0.2) is 38.2 Å². The maximum absolute atomic E-state index is 11.7. The Bertz CT molecular complexity index is 503. The maximum atomic E-state index is 11.7. The number of nitrogens with zero attached hydrogens (tertiary/aromatic N) is 1. The van der Waals surface area contributed by atoms with Crippen LogP contribution in [0.15, 0.2) is 18.2 Å². The van der Waals surface area contributed by atoms with Crippen LogP contribution in [0.25, 0.3) is 0 Å². The molecule has 2 rings (SSSR count). The number of rotatable bonds is 3. The largest absolute Gasteiger partial charge is 0.462 e. The lowest BCUT2D eigenvalue weighted by atomic mass is 10.1. The summed E-state index contributed by atoms with van der Waals surface area (Å²) in [6.07, 6.45) is 0. The molecule has 0 unspecified atom stereocenters. The molecule has 0 spiro atoms. The molecule has 5 nitrogen and oxygen atoms in total. The molecule has 1 aliphatic rings. The standard InChI is InChI=1S/C13H14ClNO4/c1-2-19-13(17)10-7-9(3-4-11(10)14)15-5-6-18-8-12(15)16/h3-4,7H,2,5-6,8H2,1H3. The van der Waals surface area contributed by atoms with Crippen molar-refractivity contribution in [2.24, 2.45) is 0 Å². The van der Waals surface area contributed by atoms with Crippen LogP contribution in [0.3, 0.4) is 0 Å². The van der Waals surface area contributed by atoms with E-state index >= 15 is 0 Å². The van der Waals surface area contributed by atoms with Gasteiger partial charge in [-0.15, -0.1) is 0 Å². The molecule has 0 N–H and O–H groups in total. The molecule has 0 bridgehead atoms. The number of hydrogen-bond donors (Lipinski definition) is 0. The number of carbonyl (C=O) groups is 2. The van der Waals surface area contributed by atoms with E-state index < -0.39 is 5.97 Å². The van der Waals surface area contributed by atoms with E-state index in [0.717, 1.165) is 0 Å². The second-order valence-electron chi connectivity index (χ2n) is 3.98. The lowest BCUT2D eigenvalue weighted by Crippen LogP contribution is -2.41. The van der Waals surface area contributed by atoms with Crippen LogP contribution in [0.4, 0.5) is 5.69 Å². The maximum Gasteiger partial charge on any atom is 0.339 e. The molecule has 1 aromatic carbocycles. The smallest absolute Gasteiger partial charge is 0.339 e. The van der Waals surface area contributed by atoms with Gasteiger partial charge in [0.1, 0.15) is 6.61 Å². The topological polar surface area (TPSA) is 55.8 Å². The molecule has 1 heterocycles. The minimum Gasteiger partial charge on any atom is -0.462 e. The predicted molar refractivity (Wildman–Crippen MR) is 70.6 cm³/mol. The van der Waals surface area contributed by atoms with Crippen molar-refractivity contribution in [3.05, 3.63) is 28.8 Å². The molecule has 19 heavy (non-hydrogen) atoms. The fraction of sp³-hybridized carbons (Fsp3) is 0.385. The van der Waals surface area contributed by atoms with Crippen LogP contribution in [0.5, 0.6) is 0 Å². The zero-order valence-electron chi connectivity index (χ0n) is 10.5. The van der Waals surface area contributed by atoms with Gasteiger partial charge in [0.25, 0.3) is 5.91 Å². The number of ether oxygens (including phenoxy) is 2. The summed E-state index contributed by atoms with van der Waals surface area (Å²) in [6, 6.07) is 4.86. The van der Waals surface area contributed by atoms with Crippen molar-refractivity contribution < 1.29 is 19.1 Å². The Labute approximate surface area is 116 Å². The first-order valence-corrected chi connectivity index (χ1v) is 6.36. The second kappa shape index (κ2) is 6.04. The van der Waals surface area contributed by atoms with Gasteiger partial charge < -0.3 is 14.4 Å². The third kappa shape index (κ3) is 3.05. The average Bonchev–Trinajstić information content (AvgIpc) is 2.40. The van der Waals surface area contributed by atoms with Crippen LogP contribution in [0, 0.1) is 0 Å². The number of anilines is 1. The molecule has 1 aliphatic heterocycles. The first-order chi connectivity index (χ1) is 9.13. The number of morpholine rings is 1. The van der Waals surface area contributed by atoms with E-state index in [2.05, 4.69) is 0 Å². The number of carbonyl (C=O) groups excluding carboxylic acids is 2. The van der Waals surface area contributed by atoms with E-state index in [-0.39, 0.29) is 24.7 Å². The van der Waals surface area contributed by atoms with Gasteiger partial charge in [-0.05, 0) is 25.1 Å². The van der Waals surface area contributed by atoms with E-state index in [1.54, 1.807) is 30.0 Å². The quantitative estimate of drug-likeness (QED) is 0.795. The van der Waals surface area contributed by atoms with E-state index in [1.165, 1.54) is 0 Å². The lowest BCUT2D eigenvalue weighted by Gasteiger charge is -2.27. The summed E-state index contributed by atoms with van der Waals surface area (Å²) in [5.74, 6) is -0.626. The highest BCUT2D eigenvalue weighted by molar-refractivity contribution is 6.33. The summed E-state index contributed by atoms with van der Waals surface area (Å²) in [4.78, 5) is 25.1. The van der Waals surface area contributed by atoms with Crippen LogP contribution in [-0.2, 0) is 14.3 Å². The number of amides is 1. The van der Waals surface area contributed by atoms with Gasteiger partial charge in [-0.2, -0.15) is 0 Å². The zero-order valence-corrected chi connectivity index (χ0v) is 11.3. The highest BCUT2D eigenvalue weighted by Crippen LogP contribution is 2.25. The van der Waals surface area contributed by atoms with E-state index in [9.17, 15) is 9.59 Å². The molecule has 0 aliphatic carbocycles. The third-order valence-corrected chi connectivity index (χ3v) is 3.07. The SMILES string of the molecule is CCOC(=O)c1cc(N2CCOCC2=O)ccc1Cl. The summed E-state index contributed by atoms with van der Waals surface area (Å²) >= 11 is 5.97. The second-order valence-corrected chi connectivity index (χ2v) is 4.39. The van der Waals surface area contributed by atoms with Crippen LogP contribution >= 0.6 is 11.6 Å². The normalized spacial score (nSPS) is 15.5. The fourth-order valence-corrected chi connectivity index (χ4v) is 2.03. The summed E-state index contributed by atoms with van der Waals surface area (Å²) in [5.41, 5.74) is 0.890. The molecule has 0 radical (unpaired) electrons. The summed E-state index contributed by atoms with van der Waals surface area (Å²) in [6.45, 7) is 2.99. The molecule has 1 saturated heterocycles. The molecule has 1 amide bonds. The molecular formula is C13H14ClNO4. The molecule has 0 atom stereocenters. The van der Waals surface area contributed by atoms with Crippen molar-refractivity contribution >= 4 is 29.2 Å². The highest BCUT2D eigenvalue weighted by Gasteiger charge is 2.22. The Hall–Kier alpha value is -1.59. The Morgan fingerprint density at radius 2 is 2.32 bits per heavy atom. The van der Waals surface area contributed by atoms with Gasteiger partial charge in [-0.25, -0.2) is 4.79 Å².